The number of hydrogen-bond donors (Lipinski definition) is 0. The van der Waals surface area contributed by atoms with Crippen molar-refractivity contribution >= 4 is 23.2 Å². The summed E-state index contributed by atoms with van der Waals surface area (Å²) in [6.07, 6.45) is 3.46. The van der Waals surface area contributed by atoms with Crippen LogP contribution in [0.1, 0.15) is 25.3 Å². The third-order valence-corrected chi connectivity index (χ3v) is 3.10. The van der Waals surface area contributed by atoms with E-state index in [-0.39, 0.29) is 10.3 Å². The third-order valence-electron chi connectivity index (χ3n) is 2.66. The second kappa shape index (κ2) is 6.73. The lowest BCUT2D eigenvalue weighted by Gasteiger charge is -2.07. The first-order valence-electron chi connectivity index (χ1n) is 6.14. The van der Waals surface area contributed by atoms with Crippen LogP contribution in [0.5, 0.6) is 11.5 Å². The number of hydrogen-bond acceptors (Lipinski definition) is 3. The second-order valence-corrected chi connectivity index (χ2v) is 4.92. The van der Waals surface area contributed by atoms with E-state index in [1.54, 1.807) is 6.07 Å². The summed E-state index contributed by atoms with van der Waals surface area (Å²) in [5.74, 6) is 1.11. The van der Waals surface area contributed by atoms with Crippen LogP contribution in [-0.2, 0) is 6.42 Å². The monoisotopic (exact) mass is 296 g/mol. The SMILES string of the molecule is CCCCc1ccc(Oc2cc(Cl)nnc2Cl)cc1. The van der Waals surface area contributed by atoms with Crippen molar-refractivity contribution in [3.8, 4) is 11.5 Å². The molecule has 0 fully saturated rings. The van der Waals surface area contributed by atoms with E-state index >= 15 is 0 Å². The maximum absolute atomic E-state index is 5.89. The Balaban J connectivity index is 2.08. The summed E-state index contributed by atoms with van der Waals surface area (Å²) in [6.45, 7) is 2.18. The van der Waals surface area contributed by atoms with Crippen molar-refractivity contribution in [2.24, 2.45) is 0 Å². The van der Waals surface area contributed by atoms with Gasteiger partial charge in [0.15, 0.2) is 16.1 Å². The van der Waals surface area contributed by atoms with E-state index in [9.17, 15) is 0 Å². The topological polar surface area (TPSA) is 35.0 Å². The fourth-order valence-electron chi connectivity index (χ4n) is 1.64. The van der Waals surface area contributed by atoms with E-state index in [1.165, 1.54) is 18.4 Å². The van der Waals surface area contributed by atoms with Gasteiger partial charge in [0.25, 0.3) is 0 Å². The second-order valence-electron chi connectivity index (χ2n) is 4.17. The lowest BCUT2D eigenvalue weighted by Crippen LogP contribution is -1.91. The quantitative estimate of drug-likeness (QED) is 0.785. The number of ether oxygens (including phenoxy) is 1. The van der Waals surface area contributed by atoms with Gasteiger partial charge < -0.3 is 4.74 Å². The molecule has 3 nitrogen and oxygen atoms in total. The molecule has 0 amide bonds. The Morgan fingerprint density at radius 2 is 1.84 bits per heavy atom. The first-order valence-corrected chi connectivity index (χ1v) is 6.90. The van der Waals surface area contributed by atoms with Gasteiger partial charge in [0.05, 0.1) is 0 Å². The Labute approximate surface area is 122 Å². The smallest absolute Gasteiger partial charge is 0.194 e. The summed E-state index contributed by atoms with van der Waals surface area (Å²) in [5, 5.41) is 7.77. The summed E-state index contributed by atoms with van der Waals surface area (Å²) in [6, 6.07) is 9.47. The van der Waals surface area contributed by atoms with Crippen molar-refractivity contribution in [1.29, 1.82) is 0 Å². The molecule has 0 radical (unpaired) electrons. The molecule has 2 rings (SSSR count). The predicted octanol–water partition coefficient (Wildman–Crippen LogP) is 4.92. The molecule has 0 aliphatic rings. The van der Waals surface area contributed by atoms with Crippen LogP contribution in [0.2, 0.25) is 10.3 Å². The lowest BCUT2D eigenvalue weighted by atomic mass is 10.1. The molecule has 0 spiro atoms. The molecule has 5 heteroatoms. The highest BCUT2D eigenvalue weighted by Gasteiger charge is 2.06. The summed E-state index contributed by atoms with van der Waals surface area (Å²) in [7, 11) is 0. The van der Waals surface area contributed by atoms with Crippen LogP contribution < -0.4 is 4.74 Å². The van der Waals surface area contributed by atoms with Gasteiger partial charge in [0.1, 0.15) is 5.75 Å². The highest BCUT2D eigenvalue weighted by molar-refractivity contribution is 6.32. The summed E-state index contributed by atoms with van der Waals surface area (Å²) in [4.78, 5) is 0. The number of benzene rings is 1. The molecule has 100 valence electrons. The van der Waals surface area contributed by atoms with E-state index in [1.807, 2.05) is 12.1 Å². The molecule has 1 aromatic heterocycles. The van der Waals surface area contributed by atoms with Gasteiger partial charge in [-0.2, -0.15) is 0 Å². The maximum atomic E-state index is 5.89. The predicted molar refractivity (Wildman–Crippen MR) is 77.2 cm³/mol. The van der Waals surface area contributed by atoms with Gasteiger partial charge in [-0.25, -0.2) is 0 Å². The zero-order chi connectivity index (χ0) is 13.7. The summed E-state index contributed by atoms with van der Waals surface area (Å²) < 4.78 is 5.63. The number of nitrogens with zero attached hydrogens (tertiary/aromatic N) is 2. The highest BCUT2D eigenvalue weighted by atomic mass is 35.5. The minimum absolute atomic E-state index is 0.194. The average molecular weight is 297 g/mol. The van der Waals surface area contributed by atoms with Crippen molar-refractivity contribution < 1.29 is 4.74 Å². The van der Waals surface area contributed by atoms with E-state index in [0.29, 0.717) is 11.5 Å². The molecule has 0 bridgehead atoms. The van der Waals surface area contributed by atoms with Gasteiger partial charge in [0, 0.05) is 6.07 Å². The molecule has 1 aromatic carbocycles. The number of aryl methyl sites for hydroxylation is 1. The number of halogens is 2. The molecule has 2 aromatic rings. The van der Waals surface area contributed by atoms with Crippen molar-refractivity contribution in [1.82, 2.24) is 10.2 Å². The van der Waals surface area contributed by atoms with Gasteiger partial charge in [-0.05, 0) is 30.5 Å². The van der Waals surface area contributed by atoms with Crippen LogP contribution in [0.4, 0.5) is 0 Å². The van der Waals surface area contributed by atoms with Gasteiger partial charge in [-0.1, -0.05) is 48.7 Å². The Morgan fingerprint density at radius 3 is 2.53 bits per heavy atom. The van der Waals surface area contributed by atoms with Crippen molar-refractivity contribution in [3.63, 3.8) is 0 Å². The molecule has 1 heterocycles. The van der Waals surface area contributed by atoms with Crippen LogP contribution in [0.3, 0.4) is 0 Å². The average Bonchev–Trinajstić information content (AvgIpc) is 2.42. The van der Waals surface area contributed by atoms with Gasteiger partial charge >= 0.3 is 0 Å². The van der Waals surface area contributed by atoms with Crippen molar-refractivity contribution in [2.45, 2.75) is 26.2 Å². The van der Waals surface area contributed by atoms with Crippen LogP contribution in [0.15, 0.2) is 30.3 Å². The van der Waals surface area contributed by atoms with E-state index in [0.717, 1.165) is 6.42 Å². The Bertz CT molecular complexity index is 544. The van der Waals surface area contributed by atoms with Crippen LogP contribution in [0.25, 0.3) is 0 Å². The molecule has 0 atom stereocenters. The number of unbranched alkanes of at least 4 members (excludes halogenated alkanes) is 1. The third kappa shape index (κ3) is 4.08. The first-order chi connectivity index (χ1) is 9.19. The maximum Gasteiger partial charge on any atom is 0.194 e. The summed E-state index contributed by atoms with van der Waals surface area (Å²) >= 11 is 11.6. The van der Waals surface area contributed by atoms with Crippen LogP contribution in [-0.4, -0.2) is 10.2 Å². The number of aromatic nitrogens is 2. The van der Waals surface area contributed by atoms with Crippen molar-refractivity contribution in [2.75, 3.05) is 0 Å². The molecule has 0 unspecified atom stereocenters. The van der Waals surface area contributed by atoms with E-state index in [2.05, 4.69) is 29.3 Å². The highest BCUT2D eigenvalue weighted by Crippen LogP contribution is 2.29. The van der Waals surface area contributed by atoms with Crippen LogP contribution >= 0.6 is 23.2 Å². The van der Waals surface area contributed by atoms with Crippen molar-refractivity contribution in [3.05, 3.63) is 46.2 Å². The molecular formula is C14H14Cl2N2O. The Morgan fingerprint density at radius 1 is 1.11 bits per heavy atom. The number of rotatable bonds is 5. The molecular weight excluding hydrogens is 283 g/mol. The van der Waals surface area contributed by atoms with Crippen LogP contribution in [0, 0.1) is 0 Å². The zero-order valence-corrected chi connectivity index (χ0v) is 12.1. The fraction of sp³-hybridized carbons (Fsp3) is 0.286. The van der Waals surface area contributed by atoms with E-state index < -0.39 is 0 Å². The molecule has 0 saturated carbocycles. The van der Waals surface area contributed by atoms with E-state index in [4.69, 9.17) is 27.9 Å². The zero-order valence-electron chi connectivity index (χ0n) is 10.6. The summed E-state index contributed by atoms with van der Waals surface area (Å²) in [5.41, 5.74) is 1.30. The Hall–Kier alpha value is -1.32. The normalized spacial score (nSPS) is 10.5. The standard InChI is InChI=1S/C14H14Cl2N2O/c1-2-3-4-10-5-7-11(8-6-10)19-12-9-13(15)17-18-14(12)16/h5-9H,2-4H2,1H3. The molecule has 0 aliphatic carbocycles. The fourth-order valence-corrected chi connectivity index (χ4v) is 1.91. The Kier molecular flexibility index (Phi) is 5.00. The molecule has 0 aliphatic heterocycles. The molecule has 0 saturated heterocycles. The first kappa shape index (κ1) is 14.1. The minimum atomic E-state index is 0.194. The van der Waals surface area contributed by atoms with Gasteiger partial charge in [0.2, 0.25) is 0 Å². The van der Waals surface area contributed by atoms with Gasteiger partial charge in [-0.15, -0.1) is 10.2 Å². The molecule has 19 heavy (non-hydrogen) atoms. The largest absolute Gasteiger partial charge is 0.454 e. The molecule has 0 N–H and O–H groups in total. The van der Waals surface area contributed by atoms with Gasteiger partial charge in [-0.3, -0.25) is 0 Å². The minimum Gasteiger partial charge on any atom is -0.454 e. The lowest BCUT2D eigenvalue weighted by molar-refractivity contribution is 0.478.